The van der Waals surface area contributed by atoms with Gasteiger partial charge in [-0.15, -0.1) is 0 Å². The molecule has 0 aromatic heterocycles. The predicted molar refractivity (Wildman–Crippen MR) is 93.8 cm³/mol. The molecular weight excluding hydrogens is 323 g/mol. The summed E-state index contributed by atoms with van der Waals surface area (Å²) in [5.74, 6) is -1.35. The number of carbonyl (C=O) groups is 2. The first kappa shape index (κ1) is 18.6. The lowest BCUT2D eigenvalue weighted by Crippen LogP contribution is -2.35. The molecule has 2 amide bonds. The van der Waals surface area contributed by atoms with Crippen LogP contribution in [0.15, 0.2) is 48.5 Å². The molecule has 2 rings (SSSR count). The van der Waals surface area contributed by atoms with Crippen LogP contribution in [0.1, 0.15) is 22.8 Å². The molecule has 0 spiro atoms. The topological polar surface area (TPSA) is 69.6 Å². The van der Waals surface area contributed by atoms with Crippen molar-refractivity contribution < 1.29 is 19.1 Å². The highest BCUT2D eigenvalue weighted by atomic mass is 19.1. The fourth-order valence-corrected chi connectivity index (χ4v) is 2.47. The standard InChI is InChI=1S/C19H21FN2O3/c1-14(24)21-18-13-16(7-8-17(18)20)19(25)22(11-12-23)10-9-15-5-3-2-4-6-15/h2-8,13,23H,9-12H2,1H3,(H,21,24). The van der Waals surface area contributed by atoms with Crippen molar-refractivity contribution in [2.75, 3.05) is 25.0 Å². The first-order valence-corrected chi connectivity index (χ1v) is 8.02. The molecule has 0 saturated carbocycles. The van der Waals surface area contributed by atoms with Crippen LogP contribution >= 0.6 is 0 Å². The molecular formula is C19H21FN2O3. The molecule has 0 heterocycles. The number of carbonyl (C=O) groups excluding carboxylic acids is 2. The van der Waals surface area contributed by atoms with E-state index in [0.717, 1.165) is 11.6 Å². The van der Waals surface area contributed by atoms with Gasteiger partial charge in [-0.3, -0.25) is 9.59 Å². The Hall–Kier alpha value is -2.73. The van der Waals surface area contributed by atoms with Gasteiger partial charge >= 0.3 is 0 Å². The van der Waals surface area contributed by atoms with E-state index in [0.29, 0.717) is 13.0 Å². The first-order chi connectivity index (χ1) is 12.0. The zero-order valence-corrected chi connectivity index (χ0v) is 14.0. The lowest BCUT2D eigenvalue weighted by Gasteiger charge is -2.22. The molecule has 0 bridgehead atoms. The third-order valence-electron chi connectivity index (χ3n) is 3.69. The van der Waals surface area contributed by atoms with Crippen molar-refractivity contribution in [3.8, 4) is 0 Å². The summed E-state index contributed by atoms with van der Waals surface area (Å²) in [6, 6.07) is 13.5. The SMILES string of the molecule is CC(=O)Nc1cc(C(=O)N(CCO)CCc2ccccc2)ccc1F. The maximum atomic E-state index is 13.7. The number of nitrogens with zero attached hydrogens (tertiary/aromatic N) is 1. The number of amides is 2. The zero-order chi connectivity index (χ0) is 18.2. The molecule has 0 atom stereocenters. The first-order valence-electron chi connectivity index (χ1n) is 8.02. The van der Waals surface area contributed by atoms with E-state index in [1.807, 2.05) is 30.3 Å². The molecule has 5 nitrogen and oxygen atoms in total. The second-order valence-corrected chi connectivity index (χ2v) is 5.63. The fourth-order valence-electron chi connectivity index (χ4n) is 2.47. The number of halogens is 1. The van der Waals surface area contributed by atoms with E-state index in [4.69, 9.17) is 0 Å². The highest BCUT2D eigenvalue weighted by Crippen LogP contribution is 2.18. The number of hydrogen-bond donors (Lipinski definition) is 2. The lowest BCUT2D eigenvalue weighted by molar-refractivity contribution is -0.114. The van der Waals surface area contributed by atoms with Crippen LogP contribution in [0.2, 0.25) is 0 Å². The smallest absolute Gasteiger partial charge is 0.254 e. The number of rotatable bonds is 7. The largest absolute Gasteiger partial charge is 0.395 e. The molecule has 0 unspecified atom stereocenters. The molecule has 25 heavy (non-hydrogen) atoms. The average molecular weight is 344 g/mol. The Morgan fingerprint density at radius 2 is 1.84 bits per heavy atom. The molecule has 0 radical (unpaired) electrons. The van der Waals surface area contributed by atoms with Gasteiger partial charge in [-0.25, -0.2) is 4.39 Å². The molecule has 2 N–H and O–H groups in total. The van der Waals surface area contributed by atoms with Gasteiger partial charge in [-0.05, 0) is 30.2 Å². The molecule has 0 aliphatic rings. The van der Waals surface area contributed by atoms with Crippen molar-refractivity contribution >= 4 is 17.5 Å². The van der Waals surface area contributed by atoms with E-state index in [2.05, 4.69) is 5.32 Å². The molecule has 132 valence electrons. The maximum absolute atomic E-state index is 13.7. The molecule has 2 aromatic carbocycles. The van der Waals surface area contributed by atoms with Crippen LogP contribution in [0.3, 0.4) is 0 Å². The average Bonchev–Trinajstić information content (AvgIpc) is 2.60. The van der Waals surface area contributed by atoms with Gasteiger partial charge in [0.25, 0.3) is 5.91 Å². The Labute approximate surface area is 146 Å². The Morgan fingerprint density at radius 3 is 2.48 bits per heavy atom. The van der Waals surface area contributed by atoms with Gasteiger partial charge in [0.05, 0.1) is 12.3 Å². The summed E-state index contributed by atoms with van der Waals surface area (Å²) in [5.41, 5.74) is 1.30. The van der Waals surface area contributed by atoms with E-state index < -0.39 is 11.7 Å². The van der Waals surface area contributed by atoms with Crippen LogP contribution < -0.4 is 5.32 Å². The molecule has 0 fully saturated rings. The van der Waals surface area contributed by atoms with Crippen molar-refractivity contribution in [3.63, 3.8) is 0 Å². The summed E-state index contributed by atoms with van der Waals surface area (Å²) in [6.07, 6.45) is 0.645. The van der Waals surface area contributed by atoms with Gasteiger partial charge in [0.1, 0.15) is 5.82 Å². The van der Waals surface area contributed by atoms with Crippen LogP contribution in [-0.2, 0) is 11.2 Å². The Kier molecular flexibility index (Phi) is 6.65. The second kappa shape index (κ2) is 8.94. The quantitative estimate of drug-likeness (QED) is 0.811. The van der Waals surface area contributed by atoms with Gasteiger partial charge in [0.15, 0.2) is 0 Å². The monoisotopic (exact) mass is 344 g/mol. The molecule has 0 aliphatic carbocycles. The van der Waals surface area contributed by atoms with Crippen LogP contribution in [0.4, 0.5) is 10.1 Å². The number of aliphatic hydroxyl groups excluding tert-OH is 1. The number of benzene rings is 2. The predicted octanol–water partition coefficient (Wildman–Crippen LogP) is 2.46. The summed E-state index contributed by atoms with van der Waals surface area (Å²) < 4.78 is 13.7. The number of anilines is 1. The second-order valence-electron chi connectivity index (χ2n) is 5.63. The zero-order valence-electron chi connectivity index (χ0n) is 14.0. The van der Waals surface area contributed by atoms with Gasteiger partial charge in [-0.2, -0.15) is 0 Å². The molecule has 6 heteroatoms. The summed E-state index contributed by atoms with van der Waals surface area (Å²) >= 11 is 0. The summed E-state index contributed by atoms with van der Waals surface area (Å²) in [7, 11) is 0. The third-order valence-corrected chi connectivity index (χ3v) is 3.69. The van der Waals surface area contributed by atoms with Gasteiger partial charge in [0.2, 0.25) is 5.91 Å². The Bertz CT molecular complexity index is 735. The van der Waals surface area contributed by atoms with E-state index >= 15 is 0 Å². The minimum atomic E-state index is -0.607. The summed E-state index contributed by atoms with van der Waals surface area (Å²) in [4.78, 5) is 25.3. The minimum absolute atomic E-state index is 0.0367. The number of aliphatic hydroxyl groups is 1. The van der Waals surface area contributed by atoms with E-state index in [1.54, 1.807) is 0 Å². The highest BCUT2D eigenvalue weighted by Gasteiger charge is 2.17. The normalized spacial score (nSPS) is 10.4. The lowest BCUT2D eigenvalue weighted by atomic mass is 10.1. The molecule has 0 saturated heterocycles. The highest BCUT2D eigenvalue weighted by molar-refractivity contribution is 5.97. The van der Waals surface area contributed by atoms with E-state index in [1.165, 1.54) is 24.0 Å². The van der Waals surface area contributed by atoms with Crippen molar-refractivity contribution in [2.24, 2.45) is 0 Å². The van der Waals surface area contributed by atoms with E-state index in [9.17, 15) is 19.1 Å². The van der Waals surface area contributed by atoms with Crippen LogP contribution in [-0.4, -0.2) is 41.5 Å². The van der Waals surface area contributed by atoms with Crippen molar-refractivity contribution in [3.05, 3.63) is 65.5 Å². The number of hydrogen-bond acceptors (Lipinski definition) is 3. The minimum Gasteiger partial charge on any atom is -0.395 e. The van der Waals surface area contributed by atoms with Crippen molar-refractivity contribution in [2.45, 2.75) is 13.3 Å². The molecule has 0 aliphatic heterocycles. The van der Waals surface area contributed by atoms with Crippen LogP contribution in [0.5, 0.6) is 0 Å². The van der Waals surface area contributed by atoms with Crippen LogP contribution in [0, 0.1) is 5.82 Å². The van der Waals surface area contributed by atoms with Crippen molar-refractivity contribution in [1.29, 1.82) is 0 Å². The molecule has 2 aromatic rings. The van der Waals surface area contributed by atoms with Crippen molar-refractivity contribution in [1.82, 2.24) is 4.90 Å². The Morgan fingerprint density at radius 1 is 1.12 bits per heavy atom. The third kappa shape index (κ3) is 5.39. The Balaban J connectivity index is 2.14. The number of nitrogens with one attached hydrogen (secondary N) is 1. The fraction of sp³-hybridized carbons (Fsp3) is 0.263. The van der Waals surface area contributed by atoms with Gasteiger partial charge in [0, 0.05) is 25.6 Å². The van der Waals surface area contributed by atoms with Gasteiger partial charge in [-0.1, -0.05) is 30.3 Å². The summed E-state index contributed by atoms with van der Waals surface area (Å²) in [5, 5.41) is 11.6. The van der Waals surface area contributed by atoms with Gasteiger partial charge < -0.3 is 15.3 Å². The maximum Gasteiger partial charge on any atom is 0.254 e. The van der Waals surface area contributed by atoms with E-state index in [-0.39, 0.29) is 30.3 Å². The summed E-state index contributed by atoms with van der Waals surface area (Å²) in [6.45, 7) is 1.71. The van der Waals surface area contributed by atoms with Crippen LogP contribution in [0.25, 0.3) is 0 Å².